The number of nitrogens with one attached hydrogen (secondary N) is 2. The SMILES string of the molecule is CC(C)CNC(=O)CNc1ccccc1C(F)(F)F. The molecule has 19 heavy (non-hydrogen) atoms. The molecule has 0 aromatic heterocycles. The van der Waals surface area contributed by atoms with Crippen LogP contribution in [0.5, 0.6) is 0 Å². The lowest BCUT2D eigenvalue weighted by molar-refractivity contribution is -0.137. The Morgan fingerprint density at radius 2 is 1.89 bits per heavy atom. The van der Waals surface area contributed by atoms with Crippen LogP contribution >= 0.6 is 0 Å². The highest BCUT2D eigenvalue weighted by Gasteiger charge is 2.33. The third-order valence-corrected chi connectivity index (χ3v) is 2.38. The summed E-state index contributed by atoms with van der Waals surface area (Å²) >= 11 is 0. The number of carbonyl (C=O) groups excluding carboxylic acids is 1. The molecule has 106 valence electrons. The zero-order valence-corrected chi connectivity index (χ0v) is 10.8. The van der Waals surface area contributed by atoms with Crippen molar-refractivity contribution in [3.63, 3.8) is 0 Å². The fraction of sp³-hybridized carbons (Fsp3) is 0.462. The number of hydrogen-bond donors (Lipinski definition) is 2. The fourth-order valence-electron chi connectivity index (χ4n) is 1.44. The summed E-state index contributed by atoms with van der Waals surface area (Å²) in [4.78, 5) is 11.4. The molecular formula is C13H17F3N2O. The molecule has 0 aliphatic heterocycles. The van der Waals surface area contributed by atoms with Gasteiger partial charge in [-0.05, 0) is 18.1 Å². The highest BCUT2D eigenvalue weighted by Crippen LogP contribution is 2.34. The molecule has 6 heteroatoms. The minimum Gasteiger partial charge on any atom is -0.376 e. The Morgan fingerprint density at radius 3 is 2.47 bits per heavy atom. The largest absolute Gasteiger partial charge is 0.418 e. The zero-order valence-electron chi connectivity index (χ0n) is 10.8. The molecule has 1 amide bonds. The number of alkyl halides is 3. The lowest BCUT2D eigenvalue weighted by Crippen LogP contribution is -2.32. The van der Waals surface area contributed by atoms with Crippen LogP contribution in [0.25, 0.3) is 0 Å². The quantitative estimate of drug-likeness (QED) is 0.866. The third kappa shape index (κ3) is 5.19. The second-order valence-electron chi connectivity index (χ2n) is 4.59. The fourth-order valence-corrected chi connectivity index (χ4v) is 1.44. The molecule has 0 saturated carbocycles. The lowest BCUT2D eigenvalue weighted by atomic mass is 10.1. The molecule has 1 rings (SSSR count). The van der Waals surface area contributed by atoms with E-state index in [1.807, 2.05) is 13.8 Å². The first-order chi connectivity index (χ1) is 8.80. The average Bonchev–Trinajstić information content (AvgIpc) is 2.33. The van der Waals surface area contributed by atoms with Crippen molar-refractivity contribution < 1.29 is 18.0 Å². The van der Waals surface area contributed by atoms with E-state index in [9.17, 15) is 18.0 Å². The van der Waals surface area contributed by atoms with E-state index in [0.29, 0.717) is 12.5 Å². The molecule has 0 unspecified atom stereocenters. The van der Waals surface area contributed by atoms with Gasteiger partial charge in [0, 0.05) is 12.2 Å². The summed E-state index contributed by atoms with van der Waals surface area (Å²) in [6.07, 6.45) is -4.43. The van der Waals surface area contributed by atoms with Crippen LogP contribution in [-0.4, -0.2) is 19.0 Å². The Balaban J connectivity index is 2.61. The van der Waals surface area contributed by atoms with Crippen LogP contribution < -0.4 is 10.6 Å². The van der Waals surface area contributed by atoms with Crippen LogP contribution in [0, 0.1) is 5.92 Å². The van der Waals surface area contributed by atoms with Crippen molar-refractivity contribution >= 4 is 11.6 Å². The van der Waals surface area contributed by atoms with Gasteiger partial charge in [0.1, 0.15) is 0 Å². The second kappa shape index (κ2) is 6.45. The van der Waals surface area contributed by atoms with Gasteiger partial charge in [0.15, 0.2) is 0 Å². The molecule has 0 radical (unpaired) electrons. The molecule has 1 aromatic rings. The summed E-state index contributed by atoms with van der Waals surface area (Å²) in [5.74, 6) is -0.0305. The summed E-state index contributed by atoms with van der Waals surface area (Å²) in [6, 6.07) is 5.09. The monoisotopic (exact) mass is 274 g/mol. The maximum atomic E-state index is 12.7. The number of benzene rings is 1. The van der Waals surface area contributed by atoms with Crippen molar-refractivity contribution in [3.8, 4) is 0 Å². The first-order valence-corrected chi connectivity index (χ1v) is 5.97. The predicted octanol–water partition coefficient (Wildman–Crippen LogP) is 2.89. The molecule has 3 nitrogen and oxygen atoms in total. The highest BCUT2D eigenvalue weighted by molar-refractivity contribution is 5.81. The van der Waals surface area contributed by atoms with Gasteiger partial charge in [-0.25, -0.2) is 0 Å². The van der Waals surface area contributed by atoms with Gasteiger partial charge in [-0.15, -0.1) is 0 Å². The molecule has 1 aromatic carbocycles. The van der Waals surface area contributed by atoms with Crippen LogP contribution in [0.1, 0.15) is 19.4 Å². The molecule has 0 saturated heterocycles. The van der Waals surface area contributed by atoms with Crippen LogP contribution in [-0.2, 0) is 11.0 Å². The normalized spacial score (nSPS) is 11.5. The van der Waals surface area contributed by atoms with E-state index >= 15 is 0 Å². The Morgan fingerprint density at radius 1 is 1.26 bits per heavy atom. The second-order valence-corrected chi connectivity index (χ2v) is 4.59. The van der Waals surface area contributed by atoms with Crippen molar-refractivity contribution in [2.45, 2.75) is 20.0 Å². The van der Waals surface area contributed by atoms with Gasteiger partial charge in [0.2, 0.25) is 5.91 Å². The Kier molecular flexibility index (Phi) is 5.20. The van der Waals surface area contributed by atoms with Crippen LogP contribution in [0.4, 0.5) is 18.9 Å². The molecular weight excluding hydrogens is 257 g/mol. The van der Waals surface area contributed by atoms with Crippen molar-refractivity contribution in [1.82, 2.24) is 5.32 Å². The Labute approximate surface area is 110 Å². The zero-order chi connectivity index (χ0) is 14.5. The van der Waals surface area contributed by atoms with Gasteiger partial charge in [-0.3, -0.25) is 4.79 Å². The Hall–Kier alpha value is -1.72. The van der Waals surface area contributed by atoms with Crippen LogP contribution in [0.3, 0.4) is 0 Å². The maximum absolute atomic E-state index is 12.7. The number of carbonyl (C=O) groups is 1. The van der Waals surface area contributed by atoms with Crippen LogP contribution in [0.15, 0.2) is 24.3 Å². The number of para-hydroxylation sites is 1. The first-order valence-electron chi connectivity index (χ1n) is 5.97. The molecule has 0 fully saturated rings. The highest BCUT2D eigenvalue weighted by atomic mass is 19.4. The van der Waals surface area contributed by atoms with E-state index in [-0.39, 0.29) is 18.1 Å². The summed E-state index contributed by atoms with van der Waals surface area (Å²) in [7, 11) is 0. The molecule has 0 aliphatic rings. The molecule has 0 heterocycles. The molecule has 0 bridgehead atoms. The van der Waals surface area contributed by atoms with Gasteiger partial charge in [0.25, 0.3) is 0 Å². The van der Waals surface area contributed by atoms with E-state index < -0.39 is 11.7 Å². The summed E-state index contributed by atoms with van der Waals surface area (Å²) in [5, 5.41) is 5.14. The van der Waals surface area contributed by atoms with E-state index in [1.165, 1.54) is 18.2 Å². The van der Waals surface area contributed by atoms with Gasteiger partial charge in [-0.1, -0.05) is 26.0 Å². The number of rotatable bonds is 5. The maximum Gasteiger partial charge on any atom is 0.418 e. The third-order valence-electron chi connectivity index (χ3n) is 2.38. The average molecular weight is 274 g/mol. The molecule has 0 spiro atoms. The molecule has 2 N–H and O–H groups in total. The number of anilines is 1. The summed E-state index contributed by atoms with van der Waals surface area (Å²) in [5.41, 5.74) is -0.860. The van der Waals surface area contributed by atoms with Gasteiger partial charge >= 0.3 is 6.18 Å². The standard InChI is InChI=1S/C13H17F3N2O/c1-9(2)7-18-12(19)8-17-11-6-4-3-5-10(11)13(14,15)16/h3-6,9,17H,7-8H2,1-2H3,(H,18,19). The van der Waals surface area contributed by atoms with E-state index in [4.69, 9.17) is 0 Å². The number of amides is 1. The topological polar surface area (TPSA) is 41.1 Å². The van der Waals surface area contributed by atoms with E-state index in [2.05, 4.69) is 10.6 Å². The lowest BCUT2D eigenvalue weighted by Gasteiger charge is -2.14. The smallest absolute Gasteiger partial charge is 0.376 e. The molecule has 0 aliphatic carbocycles. The van der Waals surface area contributed by atoms with Crippen molar-refractivity contribution in [2.75, 3.05) is 18.4 Å². The predicted molar refractivity (Wildman–Crippen MR) is 67.8 cm³/mol. The Bertz CT molecular complexity index is 430. The summed E-state index contributed by atoms with van der Waals surface area (Å²) < 4.78 is 38.1. The summed E-state index contributed by atoms with van der Waals surface area (Å²) in [6.45, 7) is 4.20. The minimum atomic E-state index is -4.43. The number of hydrogen-bond acceptors (Lipinski definition) is 2. The van der Waals surface area contributed by atoms with Gasteiger partial charge in [0.05, 0.1) is 12.1 Å². The minimum absolute atomic E-state index is 0.0882. The first kappa shape index (κ1) is 15.3. The van der Waals surface area contributed by atoms with Crippen LogP contribution in [0.2, 0.25) is 0 Å². The van der Waals surface area contributed by atoms with Crippen molar-refractivity contribution in [2.24, 2.45) is 5.92 Å². The van der Waals surface area contributed by atoms with Gasteiger partial charge < -0.3 is 10.6 Å². The number of halogens is 3. The van der Waals surface area contributed by atoms with Crippen molar-refractivity contribution in [3.05, 3.63) is 29.8 Å². The van der Waals surface area contributed by atoms with E-state index in [0.717, 1.165) is 6.07 Å². The van der Waals surface area contributed by atoms with Crippen molar-refractivity contribution in [1.29, 1.82) is 0 Å². The molecule has 0 atom stereocenters. The van der Waals surface area contributed by atoms with Gasteiger partial charge in [-0.2, -0.15) is 13.2 Å². The van der Waals surface area contributed by atoms with E-state index in [1.54, 1.807) is 0 Å².